The second kappa shape index (κ2) is 5.38. The molecule has 0 amide bonds. The van der Waals surface area contributed by atoms with Crippen molar-refractivity contribution in [3.05, 3.63) is 28.0 Å². The first-order chi connectivity index (χ1) is 8.63. The molecule has 0 unspecified atom stereocenters. The number of nitrogen functional groups attached to an aromatic ring is 1. The summed E-state index contributed by atoms with van der Waals surface area (Å²) in [4.78, 5) is 3.43. The van der Waals surface area contributed by atoms with Crippen LogP contribution in [0.1, 0.15) is 24.3 Å². The van der Waals surface area contributed by atoms with E-state index in [4.69, 9.17) is 11.0 Å². The number of rotatable bonds is 4. The van der Waals surface area contributed by atoms with Crippen LogP contribution < -0.4 is 10.6 Å². The molecule has 0 aliphatic heterocycles. The fraction of sp³-hybridized carbons (Fsp3) is 0.333. The van der Waals surface area contributed by atoms with Gasteiger partial charge in [-0.25, -0.2) is 0 Å². The Morgan fingerprint density at radius 1 is 1.56 bits per heavy atom. The zero-order valence-corrected chi connectivity index (χ0v) is 11.9. The number of aromatic nitrogens is 1. The van der Waals surface area contributed by atoms with Crippen LogP contribution in [0, 0.1) is 11.3 Å². The van der Waals surface area contributed by atoms with Crippen LogP contribution in [-0.2, 0) is 6.54 Å². The molecule has 0 atom stereocenters. The highest BCUT2D eigenvalue weighted by Gasteiger charge is 2.20. The Morgan fingerprint density at radius 3 is 2.89 bits per heavy atom. The van der Waals surface area contributed by atoms with Crippen LogP contribution in [0.2, 0.25) is 0 Å². The minimum Gasteiger partial charge on any atom is -0.382 e. The van der Waals surface area contributed by atoms with E-state index in [1.54, 1.807) is 11.3 Å². The van der Waals surface area contributed by atoms with Crippen molar-refractivity contribution in [3.8, 4) is 6.07 Å². The van der Waals surface area contributed by atoms with Gasteiger partial charge in [0.2, 0.25) is 0 Å². The van der Waals surface area contributed by atoms with Gasteiger partial charge >= 0.3 is 0 Å². The van der Waals surface area contributed by atoms with Crippen LogP contribution in [0.3, 0.4) is 0 Å². The molecule has 2 heterocycles. The van der Waals surface area contributed by atoms with Crippen LogP contribution >= 0.6 is 22.9 Å². The van der Waals surface area contributed by atoms with Crippen molar-refractivity contribution in [1.82, 2.24) is 4.37 Å². The second-order valence-electron chi connectivity index (χ2n) is 4.16. The zero-order valence-electron chi connectivity index (χ0n) is 10.3. The van der Waals surface area contributed by atoms with E-state index in [0.717, 1.165) is 11.5 Å². The number of nitriles is 1. The lowest BCUT2D eigenvalue weighted by Crippen LogP contribution is -2.29. The lowest BCUT2D eigenvalue weighted by Gasteiger charge is -2.26. The molecule has 2 aromatic rings. The van der Waals surface area contributed by atoms with Crippen molar-refractivity contribution in [2.75, 3.05) is 10.6 Å². The molecule has 0 saturated heterocycles. The van der Waals surface area contributed by atoms with Crippen molar-refractivity contribution in [3.63, 3.8) is 0 Å². The highest BCUT2D eigenvalue weighted by molar-refractivity contribution is 7.11. The minimum atomic E-state index is 0.291. The largest absolute Gasteiger partial charge is 0.382 e. The highest BCUT2D eigenvalue weighted by atomic mass is 32.1. The molecule has 6 heteroatoms. The number of thiophene rings is 1. The maximum atomic E-state index is 9.16. The molecule has 2 aromatic heterocycles. The van der Waals surface area contributed by atoms with Crippen molar-refractivity contribution in [1.29, 1.82) is 5.26 Å². The summed E-state index contributed by atoms with van der Waals surface area (Å²) in [7, 11) is 0. The normalized spacial score (nSPS) is 10.6. The van der Waals surface area contributed by atoms with Crippen molar-refractivity contribution >= 4 is 33.7 Å². The fourth-order valence-corrected chi connectivity index (χ4v) is 3.25. The molecule has 4 nitrogen and oxygen atoms in total. The van der Waals surface area contributed by atoms with Gasteiger partial charge in [-0.15, -0.1) is 11.3 Å². The molecule has 94 valence electrons. The third-order valence-corrected chi connectivity index (χ3v) is 4.36. The summed E-state index contributed by atoms with van der Waals surface area (Å²) in [5.41, 5.74) is 6.21. The van der Waals surface area contributed by atoms with Crippen molar-refractivity contribution < 1.29 is 0 Å². The van der Waals surface area contributed by atoms with Gasteiger partial charge < -0.3 is 10.6 Å². The van der Waals surface area contributed by atoms with Crippen LogP contribution in [0.25, 0.3) is 0 Å². The summed E-state index contributed by atoms with van der Waals surface area (Å²) in [6, 6.07) is 6.56. The van der Waals surface area contributed by atoms with Gasteiger partial charge in [-0.05, 0) is 36.8 Å². The molecule has 2 N–H and O–H groups in total. The first-order valence-electron chi connectivity index (χ1n) is 5.57. The molecule has 0 aromatic carbocycles. The summed E-state index contributed by atoms with van der Waals surface area (Å²) in [5, 5.41) is 12.1. The average Bonchev–Trinajstić information content (AvgIpc) is 2.94. The molecule has 0 saturated carbocycles. The van der Waals surface area contributed by atoms with Gasteiger partial charge in [0.25, 0.3) is 0 Å². The first kappa shape index (κ1) is 12.9. The van der Waals surface area contributed by atoms with Crippen LogP contribution in [0.15, 0.2) is 17.5 Å². The van der Waals surface area contributed by atoms with Gasteiger partial charge in [-0.3, -0.25) is 0 Å². The molecule has 0 aliphatic carbocycles. The fourth-order valence-electron chi connectivity index (χ4n) is 1.65. The Labute approximate surface area is 114 Å². The smallest absolute Gasteiger partial charge is 0.157 e. The Morgan fingerprint density at radius 2 is 2.33 bits per heavy atom. The summed E-state index contributed by atoms with van der Waals surface area (Å²) >= 11 is 3.00. The topological polar surface area (TPSA) is 65.9 Å². The monoisotopic (exact) mass is 278 g/mol. The van der Waals surface area contributed by atoms with Gasteiger partial charge in [0.1, 0.15) is 16.6 Å². The Bertz CT molecular complexity index is 551. The molecule has 0 fully saturated rings. The van der Waals surface area contributed by atoms with E-state index < -0.39 is 0 Å². The summed E-state index contributed by atoms with van der Waals surface area (Å²) in [6.45, 7) is 4.99. The van der Waals surface area contributed by atoms with Crippen LogP contribution in [-0.4, -0.2) is 10.4 Å². The van der Waals surface area contributed by atoms with E-state index in [9.17, 15) is 0 Å². The van der Waals surface area contributed by atoms with E-state index in [0.29, 0.717) is 17.4 Å². The lowest BCUT2D eigenvalue weighted by atomic mass is 10.2. The maximum Gasteiger partial charge on any atom is 0.157 e. The van der Waals surface area contributed by atoms with Crippen molar-refractivity contribution in [2.45, 2.75) is 26.4 Å². The summed E-state index contributed by atoms with van der Waals surface area (Å²) in [6.07, 6.45) is 0. The lowest BCUT2D eigenvalue weighted by molar-refractivity contribution is 0.692. The summed E-state index contributed by atoms with van der Waals surface area (Å²) < 4.78 is 4.08. The van der Waals surface area contributed by atoms with Crippen molar-refractivity contribution in [2.24, 2.45) is 0 Å². The van der Waals surface area contributed by atoms with Gasteiger partial charge in [-0.1, -0.05) is 6.07 Å². The quantitative estimate of drug-likeness (QED) is 0.933. The molecule has 2 rings (SSSR count). The molecule has 18 heavy (non-hydrogen) atoms. The molecule has 0 spiro atoms. The van der Waals surface area contributed by atoms with E-state index in [2.05, 4.69) is 40.6 Å². The first-order valence-corrected chi connectivity index (χ1v) is 7.23. The van der Waals surface area contributed by atoms with E-state index in [1.165, 1.54) is 16.4 Å². The predicted octanol–water partition coefficient (Wildman–Crippen LogP) is 3.07. The molecule has 0 bridgehead atoms. The van der Waals surface area contributed by atoms with Gasteiger partial charge in [0.15, 0.2) is 5.82 Å². The average molecular weight is 278 g/mol. The van der Waals surface area contributed by atoms with Crippen LogP contribution in [0.4, 0.5) is 10.8 Å². The minimum absolute atomic E-state index is 0.291. The van der Waals surface area contributed by atoms with E-state index in [1.807, 2.05) is 6.07 Å². The molecule has 0 radical (unpaired) electrons. The maximum absolute atomic E-state index is 9.16. The second-order valence-corrected chi connectivity index (χ2v) is 5.94. The Kier molecular flexibility index (Phi) is 3.84. The third-order valence-electron chi connectivity index (χ3n) is 2.60. The van der Waals surface area contributed by atoms with E-state index in [-0.39, 0.29) is 0 Å². The van der Waals surface area contributed by atoms with E-state index >= 15 is 0 Å². The number of nitrogens with zero attached hydrogens (tertiary/aromatic N) is 3. The zero-order chi connectivity index (χ0) is 13.1. The SMILES string of the molecule is CC(C)N(Cc1cccs1)c1snc(N)c1C#N. The standard InChI is InChI=1S/C12H14N4S2/c1-8(2)16(7-9-4-3-5-17-9)12-10(6-13)11(14)15-18-12/h3-5,8H,7H2,1-2H3,(H2,14,15). The molecular formula is C12H14N4S2. The van der Waals surface area contributed by atoms with Gasteiger partial charge in [-0.2, -0.15) is 9.64 Å². The van der Waals surface area contributed by atoms with Gasteiger partial charge in [0.05, 0.1) is 6.54 Å². The number of nitrogens with two attached hydrogens (primary N) is 1. The number of anilines is 2. The predicted molar refractivity (Wildman–Crippen MR) is 76.9 cm³/mol. The summed E-state index contributed by atoms with van der Waals surface area (Å²) in [5.74, 6) is 0.328. The number of hydrogen-bond donors (Lipinski definition) is 1. The third kappa shape index (κ3) is 2.47. The Hall–Kier alpha value is -1.58. The Balaban J connectivity index is 2.33. The molecular weight excluding hydrogens is 264 g/mol. The number of hydrogen-bond acceptors (Lipinski definition) is 6. The van der Waals surface area contributed by atoms with Crippen LogP contribution in [0.5, 0.6) is 0 Å². The highest BCUT2D eigenvalue weighted by Crippen LogP contribution is 2.32. The van der Waals surface area contributed by atoms with Gasteiger partial charge in [0, 0.05) is 10.9 Å². The molecule has 0 aliphatic rings.